The van der Waals surface area contributed by atoms with Crippen LogP contribution in [0.2, 0.25) is 0 Å². The molecule has 1 saturated heterocycles. The van der Waals surface area contributed by atoms with Crippen LogP contribution in [-0.2, 0) is 16.1 Å². The summed E-state index contributed by atoms with van der Waals surface area (Å²) in [4.78, 5) is 29.5. The maximum absolute atomic E-state index is 12.0. The first-order valence-electron chi connectivity index (χ1n) is 6.55. The van der Waals surface area contributed by atoms with E-state index in [1.165, 1.54) is 11.8 Å². The van der Waals surface area contributed by atoms with E-state index >= 15 is 0 Å². The lowest BCUT2D eigenvalue weighted by molar-refractivity contribution is -0.131. The van der Waals surface area contributed by atoms with E-state index < -0.39 is 6.04 Å². The molecule has 1 aromatic heterocycles. The van der Waals surface area contributed by atoms with E-state index in [0.717, 1.165) is 16.9 Å². The Bertz CT molecular complexity index is 767. The van der Waals surface area contributed by atoms with Crippen LogP contribution in [0.5, 0.6) is 0 Å². The van der Waals surface area contributed by atoms with Crippen molar-refractivity contribution in [2.24, 2.45) is 0 Å². The van der Waals surface area contributed by atoms with E-state index in [4.69, 9.17) is 12.2 Å². The Kier molecular flexibility index (Phi) is 3.21. The molecule has 2 heterocycles. The first-order valence-corrected chi connectivity index (χ1v) is 6.96. The number of fused-ring (bicyclic) bond motifs is 1. The molecule has 0 saturated carbocycles. The fourth-order valence-electron chi connectivity index (χ4n) is 2.63. The number of thiocarbonyl (C=S) groups is 1. The van der Waals surface area contributed by atoms with Crippen molar-refractivity contribution in [3.63, 3.8) is 0 Å². The number of imidazole rings is 1. The number of rotatable bonds is 2. The van der Waals surface area contributed by atoms with Gasteiger partial charge in [0, 0.05) is 6.92 Å². The quantitative estimate of drug-likeness (QED) is 0.840. The van der Waals surface area contributed by atoms with Crippen LogP contribution in [0.4, 0.5) is 0 Å². The van der Waals surface area contributed by atoms with Gasteiger partial charge in [0.2, 0.25) is 5.91 Å². The number of nitrogens with zero attached hydrogens (tertiary/aromatic N) is 3. The van der Waals surface area contributed by atoms with Crippen LogP contribution in [0.3, 0.4) is 0 Å². The summed E-state index contributed by atoms with van der Waals surface area (Å²) in [6, 6.07) is 7.06. The van der Waals surface area contributed by atoms with E-state index in [2.05, 4.69) is 10.3 Å². The molecule has 1 fully saturated rings. The van der Waals surface area contributed by atoms with E-state index in [0.29, 0.717) is 6.54 Å². The van der Waals surface area contributed by atoms with Crippen LogP contribution in [0, 0.1) is 6.92 Å². The fourth-order valence-corrected chi connectivity index (χ4v) is 2.99. The second-order valence-electron chi connectivity index (χ2n) is 4.96. The molecule has 108 valence electrons. The maximum Gasteiger partial charge on any atom is 0.251 e. The molecule has 2 amide bonds. The number of carbonyl (C=O) groups is 2. The molecule has 1 atom stereocenters. The van der Waals surface area contributed by atoms with Gasteiger partial charge >= 0.3 is 0 Å². The van der Waals surface area contributed by atoms with Crippen molar-refractivity contribution in [2.75, 3.05) is 0 Å². The lowest BCUT2D eigenvalue weighted by atomic mass is 10.2. The largest absolute Gasteiger partial charge is 0.326 e. The van der Waals surface area contributed by atoms with Crippen molar-refractivity contribution >= 4 is 40.2 Å². The maximum atomic E-state index is 12.0. The molecule has 0 radical (unpaired) electrons. The van der Waals surface area contributed by atoms with Crippen molar-refractivity contribution < 1.29 is 9.59 Å². The minimum atomic E-state index is -0.633. The number of amides is 2. The molecule has 1 unspecified atom stereocenters. The summed E-state index contributed by atoms with van der Waals surface area (Å²) in [5.74, 6) is 0.295. The molecular formula is C14H14N4O2S. The van der Waals surface area contributed by atoms with E-state index in [-0.39, 0.29) is 16.9 Å². The number of aryl methyl sites for hydroxylation is 1. The van der Waals surface area contributed by atoms with Crippen LogP contribution in [0.15, 0.2) is 24.3 Å². The number of carbonyl (C=O) groups excluding carboxylic acids is 2. The highest BCUT2D eigenvalue weighted by Gasteiger charge is 2.38. The zero-order valence-corrected chi connectivity index (χ0v) is 12.5. The second kappa shape index (κ2) is 4.92. The Morgan fingerprint density at radius 3 is 2.86 bits per heavy atom. The molecule has 3 rings (SSSR count). The zero-order chi connectivity index (χ0) is 15.1. The molecule has 6 nitrogen and oxygen atoms in total. The van der Waals surface area contributed by atoms with Gasteiger partial charge in [-0.15, -0.1) is 0 Å². The molecule has 7 heteroatoms. The normalized spacial score (nSPS) is 18.4. The van der Waals surface area contributed by atoms with Gasteiger partial charge in [-0.25, -0.2) is 4.98 Å². The number of para-hydroxylation sites is 2. The standard InChI is InChI=1S/C14H14N4O2S/c1-8-15-10-5-3-4-6-11(10)17(8)7-12-13(20)16-14(21)18(12)9(2)19/h3-6,12H,7H2,1-2H3,(H,16,20,21). The summed E-state index contributed by atoms with van der Waals surface area (Å²) in [7, 11) is 0. The molecular weight excluding hydrogens is 288 g/mol. The number of hydrogen-bond donors (Lipinski definition) is 1. The topological polar surface area (TPSA) is 67.2 Å². The van der Waals surface area contributed by atoms with Crippen LogP contribution < -0.4 is 5.32 Å². The average Bonchev–Trinajstić information content (AvgIpc) is 2.88. The summed E-state index contributed by atoms with van der Waals surface area (Å²) >= 11 is 5.04. The Morgan fingerprint density at radius 2 is 2.14 bits per heavy atom. The van der Waals surface area contributed by atoms with Gasteiger partial charge in [0.15, 0.2) is 5.11 Å². The highest BCUT2D eigenvalue weighted by Crippen LogP contribution is 2.19. The number of aromatic nitrogens is 2. The summed E-state index contributed by atoms with van der Waals surface area (Å²) in [5, 5.41) is 2.71. The molecule has 0 spiro atoms. The van der Waals surface area contributed by atoms with E-state index in [1.807, 2.05) is 35.8 Å². The van der Waals surface area contributed by atoms with Crippen molar-refractivity contribution in [1.29, 1.82) is 0 Å². The third-order valence-corrected chi connectivity index (χ3v) is 3.90. The van der Waals surface area contributed by atoms with Gasteiger partial charge < -0.3 is 9.88 Å². The monoisotopic (exact) mass is 302 g/mol. The van der Waals surface area contributed by atoms with E-state index in [1.54, 1.807) is 0 Å². The summed E-state index contributed by atoms with van der Waals surface area (Å²) in [6.07, 6.45) is 0. The second-order valence-corrected chi connectivity index (χ2v) is 5.34. The van der Waals surface area contributed by atoms with Gasteiger partial charge in [-0.2, -0.15) is 0 Å². The zero-order valence-electron chi connectivity index (χ0n) is 11.7. The first-order chi connectivity index (χ1) is 9.99. The minimum absolute atomic E-state index is 0.166. The molecule has 1 aliphatic heterocycles. The summed E-state index contributed by atoms with van der Waals surface area (Å²) in [5.41, 5.74) is 1.80. The third kappa shape index (κ3) is 2.19. The van der Waals surface area contributed by atoms with Crippen molar-refractivity contribution in [2.45, 2.75) is 26.4 Å². The Labute approximate surface area is 126 Å². The molecule has 21 heavy (non-hydrogen) atoms. The Morgan fingerprint density at radius 1 is 1.43 bits per heavy atom. The molecule has 2 aromatic rings. The van der Waals surface area contributed by atoms with Crippen LogP contribution in [0.25, 0.3) is 11.0 Å². The Balaban J connectivity index is 2.01. The number of benzene rings is 1. The molecule has 0 bridgehead atoms. The van der Waals surface area contributed by atoms with Gasteiger partial charge in [-0.05, 0) is 31.3 Å². The summed E-state index contributed by atoms with van der Waals surface area (Å²) < 4.78 is 1.93. The van der Waals surface area contributed by atoms with Crippen molar-refractivity contribution in [1.82, 2.24) is 19.8 Å². The van der Waals surface area contributed by atoms with Crippen LogP contribution in [0.1, 0.15) is 12.7 Å². The number of nitrogens with one attached hydrogen (secondary N) is 1. The van der Waals surface area contributed by atoms with E-state index in [9.17, 15) is 9.59 Å². The van der Waals surface area contributed by atoms with Crippen LogP contribution >= 0.6 is 12.2 Å². The highest BCUT2D eigenvalue weighted by molar-refractivity contribution is 7.80. The van der Waals surface area contributed by atoms with Crippen molar-refractivity contribution in [3.8, 4) is 0 Å². The van der Waals surface area contributed by atoms with Gasteiger partial charge in [-0.3, -0.25) is 14.5 Å². The average molecular weight is 302 g/mol. The highest BCUT2D eigenvalue weighted by atomic mass is 32.1. The predicted octanol–water partition coefficient (Wildman–Crippen LogP) is 0.977. The molecule has 1 N–H and O–H groups in total. The SMILES string of the molecule is CC(=O)N1C(=S)NC(=O)C1Cn1c(C)nc2ccccc21. The van der Waals surface area contributed by atoms with Gasteiger partial charge in [0.1, 0.15) is 11.9 Å². The molecule has 0 aliphatic carbocycles. The predicted molar refractivity (Wildman–Crippen MR) is 81.5 cm³/mol. The molecule has 1 aliphatic rings. The first kappa shape index (κ1) is 13.7. The lowest BCUT2D eigenvalue weighted by Gasteiger charge is -2.21. The molecule has 1 aromatic carbocycles. The smallest absolute Gasteiger partial charge is 0.251 e. The van der Waals surface area contributed by atoms with Gasteiger partial charge in [0.25, 0.3) is 5.91 Å². The summed E-state index contributed by atoms with van der Waals surface area (Å²) in [6.45, 7) is 3.61. The fraction of sp³-hybridized carbons (Fsp3) is 0.286. The van der Waals surface area contributed by atoms with Crippen molar-refractivity contribution in [3.05, 3.63) is 30.1 Å². The minimum Gasteiger partial charge on any atom is -0.326 e. The van der Waals surface area contributed by atoms with Gasteiger partial charge in [0.05, 0.1) is 17.6 Å². The number of hydrogen-bond acceptors (Lipinski definition) is 4. The van der Waals surface area contributed by atoms with Gasteiger partial charge in [-0.1, -0.05) is 12.1 Å². The third-order valence-electron chi connectivity index (χ3n) is 3.60. The van der Waals surface area contributed by atoms with Crippen LogP contribution in [-0.4, -0.2) is 37.4 Å². The lowest BCUT2D eigenvalue weighted by Crippen LogP contribution is -2.41. The Hall–Kier alpha value is -2.28.